The van der Waals surface area contributed by atoms with E-state index in [9.17, 15) is 9.90 Å². The predicted octanol–water partition coefficient (Wildman–Crippen LogP) is 13.1. The highest BCUT2D eigenvalue weighted by molar-refractivity contribution is 5.82. The fourth-order valence-corrected chi connectivity index (χ4v) is 8.93. The minimum atomic E-state index is -0.263. The van der Waals surface area contributed by atoms with Crippen molar-refractivity contribution in [2.75, 3.05) is 0 Å². The third kappa shape index (κ3) is 14.2. The van der Waals surface area contributed by atoms with Gasteiger partial charge in [-0.3, -0.25) is 0 Å². The van der Waals surface area contributed by atoms with Crippen molar-refractivity contribution in [1.82, 2.24) is 0 Å². The predicted molar refractivity (Wildman–Crippen MR) is 215 cm³/mol. The Hall–Kier alpha value is -2.65. The molecule has 0 saturated heterocycles. The van der Waals surface area contributed by atoms with Crippen LogP contribution in [0.5, 0.6) is 0 Å². The topological polar surface area (TPSA) is 46.5 Å². The molecule has 3 nitrogen and oxygen atoms in total. The zero-order chi connectivity index (χ0) is 36.2. The van der Waals surface area contributed by atoms with Gasteiger partial charge in [-0.05, 0) is 86.5 Å². The number of ether oxygens (including phenoxy) is 1. The minimum Gasteiger partial charge on any atom is -0.459 e. The highest BCUT2D eigenvalue weighted by Gasteiger charge is 2.56. The number of esters is 1. The number of carbonyl (C=O) groups is 1. The molecule has 3 fully saturated rings. The summed E-state index contributed by atoms with van der Waals surface area (Å²) in [5, 5.41) is 10.3. The second kappa shape index (κ2) is 23.0. The Labute approximate surface area is 307 Å². The van der Waals surface area contributed by atoms with E-state index in [1.807, 2.05) is 30.4 Å². The molecule has 3 rings (SSSR count). The normalized spacial score (nSPS) is 28.5. The first-order valence-electron chi connectivity index (χ1n) is 20.4. The maximum Gasteiger partial charge on any atom is 0.331 e. The summed E-state index contributed by atoms with van der Waals surface area (Å²) in [7, 11) is 0. The zero-order valence-electron chi connectivity index (χ0n) is 32.6. The molecule has 3 aliphatic carbocycles. The molecule has 0 amide bonds. The number of aliphatic hydroxyl groups excluding tert-OH is 1. The lowest BCUT2D eigenvalue weighted by molar-refractivity contribution is -0.147. The van der Waals surface area contributed by atoms with Gasteiger partial charge < -0.3 is 9.84 Å². The number of hydrogen-bond donors (Lipinski definition) is 1. The Balaban J connectivity index is 1.57. The van der Waals surface area contributed by atoms with Gasteiger partial charge in [0.2, 0.25) is 0 Å². The van der Waals surface area contributed by atoms with Crippen molar-refractivity contribution < 1.29 is 14.6 Å². The Bertz CT molecular complexity index is 1240. The second-order valence-electron chi connectivity index (χ2n) is 16.2. The summed E-state index contributed by atoms with van der Waals surface area (Å²) in [6, 6.07) is 0. The van der Waals surface area contributed by atoms with Crippen molar-refractivity contribution in [2.45, 2.75) is 162 Å². The van der Waals surface area contributed by atoms with Gasteiger partial charge in [0.1, 0.15) is 6.10 Å². The monoisotopic (exact) mass is 685 g/mol. The molecule has 278 valence electrons. The van der Waals surface area contributed by atoms with Gasteiger partial charge in [0.15, 0.2) is 0 Å². The van der Waals surface area contributed by atoms with Crippen LogP contribution in [0.1, 0.15) is 150 Å². The number of aliphatic hydroxyl groups is 1. The lowest BCUT2D eigenvalue weighted by atomic mass is 9.60. The summed E-state index contributed by atoms with van der Waals surface area (Å²) in [6.45, 7) is 16.0. The van der Waals surface area contributed by atoms with Crippen LogP contribution in [-0.2, 0) is 9.53 Å². The summed E-state index contributed by atoms with van der Waals surface area (Å²) >= 11 is 0. The molecule has 3 aliphatic rings. The molecule has 0 aromatic rings. The quantitative estimate of drug-likeness (QED) is 0.0601. The summed E-state index contributed by atoms with van der Waals surface area (Å²) in [5.74, 6) is 1.71. The van der Waals surface area contributed by atoms with E-state index in [1.165, 1.54) is 88.2 Å². The van der Waals surface area contributed by atoms with Gasteiger partial charge in [-0.25, -0.2) is 4.79 Å². The van der Waals surface area contributed by atoms with Gasteiger partial charge in [0.25, 0.3) is 0 Å². The van der Waals surface area contributed by atoms with E-state index in [0.717, 1.165) is 37.7 Å². The van der Waals surface area contributed by atoms with Gasteiger partial charge in [-0.2, -0.15) is 0 Å². The minimum absolute atomic E-state index is 0.0790. The maximum atomic E-state index is 13.2. The Morgan fingerprint density at radius 2 is 1.58 bits per heavy atom. The molecule has 0 aromatic heterocycles. The van der Waals surface area contributed by atoms with Crippen LogP contribution in [0.4, 0.5) is 0 Å². The van der Waals surface area contributed by atoms with Crippen molar-refractivity contribution in [1.29, 1.82) is 0 Å². The van der Waals surface area contributed by atoms with E-state index in [4.69, 9.17) is 4.74 Å². The lowest BCUT2D eigenvalue weighted by Gasteiger charge is -2.44. The molecular weight excluding hydrogens is 613 g/mol. The Kier molecular flexibility index (Phi) is 19.2. The Morgan fingerprint density at radius 3 is 2.30 bits per heavy atom. The molecular formula is C47H72O3. The van der Waals surface area contributed by atoms with Crippen LogP contribution in [0.25, 0.3) is 0 Å². The smallest absolute Gasteiger partial charge is 0.331 e. The zero-order valence-corrected chi connectivity index (χ0v) is 32.6. The molecule has 50 heavy (non-hydrogen) atoms. The molecule has 1 unspecified atom stereocenters. The first-order chi connectivity index (χ1) is 24.2. The van der Waals surface area contributed by atoms with Crippen LogP contribution in [0.2, 0.25) is 0 Å². The fourth-order valence-electron chi connectivity index (χ4n) is 8.93. The van der Waals surface area contributed by atoms with E-state index >= 15 is 0 Å². The third-order valence-electron chi connectivity index (χ3n) is 11.7. The second-order valence-corrected chi connectivity index (χ2v) is 16.2. The summed E-state index contributed by atoms with van der Waals surface area (Å²) in [5.41, 5.74) is 3.95. The van der Waals surface area contributed by atoms with Gasteiger partial charge in [-0.15, -0.1) is 0 Å². The molecule has 0 spiro atoms. The van der Waals surface area contributed by atoms with Gasteiger partial charge in [0, 0.05) is 12.0 Å². The first-order valence-corrected chi connectivity index (χ1v) is 20.4. The van der Waals surface area contributed by atoms with E-state index in [1.54, 1.807) is 12.2 Å². The fraction of sp³-hybridized carbons (Fsp3) is 0.638. The average molecular weight is 685 g/mol. The van der Waals surface area contributed by atoms with Crippen LogP contribution in [0.15, 0.2) is 96.2 Å². The van der Waals surface area contributed by atoms with E-state index < -0.39 is 0 Å². The standard InChI is InChI=1S/C47H72O3/c1-7-8-9-10-11-12-13-14-15-16-17-18-19-20-21-22-23-29-45(49)50-44-36-43-40(31-32-41-35-42(48)33-30-38(41)4)28-25-34-47(43,6)46(44)39(5)27-24-26-37(2)3/h15-23,29,31-32,37,39,42-44,46,48H,4,7-14,24-28,30,33-36H2,1-3,5-6H3/b16-15+,18-17+,20-19+,22-21+,29-23+,40-31+,41-32+/t39-,42+,43+,44?,46+,47-/m1/s1. The van der Waals surface area contributed by atoms with Crippen LogP contribution in [0, 0.1) is 29.1 Å². The molecule has 3 heteroatoms. The molecule has 6 atom stereocenters. The van der Waals surface area contributed by atoms with Crippen LogP contribution in [0.3, 0.4) is 0 Å². The first kappa shape index (κ1) is 41.8. The molecule has 0 aliphatic heterocycles. The number of fused-ring (bicyclic) bond motifs is 1. The molecule has 0 bridgehead atoms. The Morgan fingerprint density at radius 1 is 0.900 bits per heavy atom. The number of rotatable bonds is 20. The lowest BCUT2D eigenvalue weighted by Crippen LogP contribution is -2.39. The highest BCUT2D eigenvalue weighted by atomic mass is 16.5. The summed E-state index contributed by atoms with van der Waals surface area (Å²) in [6.07, 6.45) is 44.9. The van der Waals surface area contributed by atoms with Crippen molar-refractivity contribution >= 4 is 5.97 Å². The third-order valence-corrected chi connectivity index (χ3v) is 11.7. The highest BCUT2D eigenvalue weighted by Crippen LogP contribution is 2.60. The van der Waals surface area contributed by atoms with Crippen LogP contribution >= 0.6 is 0 Å². The number of carbonyl (C=O) groups excluding carboxylic acids is 1. The SMILES string of the molecule is C=C1CC[C@H](O)C/C1=C\C=C1/CCC[C@@]2(C)[C@@H]([C@H](C)CCCC(C)C)C(OC(=O)/C=C/C=C/C=C/C=C/C=C/CCCCCCCCC)C[C@@H]12. The number of hydrogen-bond acceptors (Lipinski definition) is 3. The number of unbranched alkanes of at least 4 members (excludes halogenated alkanes) is 7. The van der Waals surface area contributed by atoms with Crippen molar-refractivity contribution in [3.63, 3.8) is 0 Å². The van der Waals surface area contributed by atoms with Gasteiger partial charge in [-0.1, -0.05) is 177 Å². The van der Waals surface area contributed by atoms with Gasteiger partial charge in [0.05, 0.1) is 6.10 Å². The van der Waals surface area contributed by atoms with Crippen LogP contribution < -0.4 is 0 Å². The van der Waals surface area contributed by atoms with Crippen molar-refractivity contribution in [3.05, 3.63) is 96.2 Å². The number of allylic oxidation sites excluding steroid dienone is 13. The average Bonchev–Trinajstić information content (AvgIpc) is 3.38. The van der Waals surface area contributed by atoms with E-state index in [2.05, 4.69) is 71.6 Å². The van der Waals surface area contributed by atoms with Crippen molar-refractivity contribution in [3.8, 4) is 0 Å². The molecule has 0 heterocycles. The largest absolute Gasteiger partial charge is 0.459 e. The molecule has 0 aromatic carbocycles. The van der Waals surface area contributed by atoms with E-state index in [-0.39, 0.29) is 23.6 Å². The molecule has 1 N–H and O–H groups in total. The molecule has 3 saturated carbocycles. The molecule has 0 radical (unpaired) electrons. The van der Waals surface area contributed by atoms with Gasteiger partial charge >= 0.3 is 5.97 Å². The van der Waals surface area contributed by atoms with E-state index in [0.29, 0.717) is 30.1 Å². The maximum absolute atomic E-state index is 13.2. The van der Waals surface area contributed by atoms with Crippen LogP contribution in [-0.4, -0.2) is 23.3 Å². The summed E-state index contributed by atoms with van der Waals surface area (Å²) < 4.78 is 6.35. The van der Waals surface area contributed by atoms with Crippen molar-refractivity contribution in [2.24, 2.45) is 29.1 Å². The summed E-state index contributed by atoms with van der Waals surface area (Å²) in [4.78, 5) is 13.2.